The number of carbonyl (C=O) groups excluding carboxylic acids is 1. The van der Waals surface area contributed by atoms with Crippen LogP contribution in [0.5, 0.6) is 5.75 Å². The maximum Gasteiger partial charge on any atom is 0.250 e. The molecule has 0 radical (unpaired) electrons. The predicted molar refractivity (Wildman–Crippen MR) is 136 cm³/mol. The number of hydrogen-bond acceptors (Lipinski definition) is 5. The average molecular weight is 468 g/mol. The first-order valence-electron chi connectivity index (χ1n) is 12.0. The summed E-state index contributed by atoms with van der Waals surface area (Å²) >= 11 is 0. The fraction of sp³-hybridized carbons (Fsp3) is 0.321. The number of imidazole rings is 1. The number of rotatable bonds is 5. The largest absolute Gasteiger partial charge is 0.495 e. The van der Waals surface area contributed by atoms with Gasteiger partial charge in [-0.15, -0.1) is 0 Å². The lowest BCUT2D eigenvalue weighted by molar-refractivity contribution is -0.130. The van der Waals surface area contributed by atoms with Gasteiger partial charge in [-0.2, -0.15) is 5.26 Å². The predicted octanol–water partition coefficient (Wildman–Crippen LogP) is 4.35. The van der Waals surface area contributed by atoms with Crippen molar-refractivity contribution >= 4 is 17.7 Å². The molecule has 2 fully saturated rings. The second-order valence-electron chi connectivity index (χ2n) is 9.17. The van der Waals surface area contributed by atoms with E-state index in [0.717, 1.165) is 72.9 Å². The van der Waals surface area contributed by atoms with Crippen molar-refractivity contribution in [2.45, 2.75) is 32.2 Å². The molecule has 1 amide bonds. The van der Waals surface area contributed by atoms with Gasteiger partial charge in [0.15, 0.2) is 0 Å². The molecule has 0 bridgehead atoms. The van der Waals surface area contributed by atoms with E-state index in [1.807, 2.05) is 66.2 Å². The Morgan fingerprint density at radius 1 is 1.17 bits per heavy atom. The molecule has 3 heterocycles. The Morgan fingerprint density at radius 3 is 2.71 bits per heavy atom. The van der Waals surface area contributed by atoms with Gasteiger partial charge in [-0.1, -0.05) is 6.07 Å². The minimum absolute atomic E-state index is 0.135. The maximum atomic E-state index is 13.4. The van der Waals surface area contributed by atoms with Gasteiger partial charge < -0.3 is 19.1 Å². The number of carbonyl (C=O) groups is 1. The number of anilines is 1. The Bertz CT molecular complexity index is 1300. The summed E-state index contributed by atoms with van der Waals surface area (Å²) in [7, 11) is 1.66. The van der Waals surface area contributed by atoms with Crippen LogP contribution in [0.2, 0.25) is 0 Å². The standard InChI is InChI=1S/C28H29N5O2/c1-20-17-32(19-30-20)26-10-7-22(15-27(26)35-2)14-23-4-3-12-33(28(23)34)25-11-13-31(18-25)24-8-5-21(16-29)6-9-24/h5-10,14-15,17,19,25H,3-4,11-13,18H2,1-2H3/t25-/m0/s1. The van der Waals surface area contributed by atoms with Crippen LogP contribution in [0.1, 0.15) is 36.1 Å². The minimum atomic E-state index is 0.135. The van der Waals surface area contributed by atoms with E-state index in [4.69, 9.17) is 10.00 Å². The number of ether oxygens (including phenoxy) is 1. The van der Waals surface area contributed by atoms with Crippen molar-refractivity contribution in [2.24, 2.45) is 0 Å². The summed E-state index contributed by atoms with van der Waals surface area (Å²) in [6, 6.07) is 16.1. The molecular formula is C28H29N5O2. The third-order valence-electron chi connectivity index (χ3n) is 6.88. The van der Waals surface area contributed by atoms with Gasteiger partial charge in [0.1, 0.15) is 5.75 Å². The molecule has 0 unspecified atom stereocenters. The van der Waals surface area contributed by atoms with Crippen molar-refractivity contribution in [3.05, 3.63) is 77.4 Å². The first-order chi connectivity index (χ1) is 17.1. The summed E-state index contributed by atoms with van der Waals surface area (Å²) in [4.78, 5) is 22.1. The van der Waals surface area contributed by atoms with Crippen LogP contribution in [-0.4, -0.2) is 53.1 Å². The fourth-order valence-corrected chi connectivity index (χ4v) is 5.04. The molecule has 1 aromatic heterocycles. The van der Waals surface area contributed by atoms with Crippen molar-refractivity contribution in [3.8, 4) is 17.5 Å². The van der Waals surface area contributed by atoms with E-state index in [1.165, 1.54) is 0 Å². The van der Waals surface area contributed by atoms with Gasteiger partial charge in [0.25, 0.3) is 0 Å². The van der Waals surface area contributed by atoms with E-state index in [0.29, 0.717) is 5.56 Å². The molecule has 2 saturated heterocycles. The number of hydrogen-bond donors (Lipinski definition) is 0. The molecule has 1 atom stereocenters. The van der Waals surface area contributed by atoms with Crippen LogP contribution in [0.25, 0.3) is 11.8 Å². The van der Waals surface area contributed by atoms with E-state index >= 15 is 0 Å². The summed E-state index contributed by atoms with van der Waals surface area (Å²) in [6.07, 6.45) is 8.44. The zero-order valence-electron chi connectivity index (χ0n) is 20.1. The molecule has 35 heavy (non-hydrogen) atoms. The monoisotopic (exact) mass is 467 g/mol. The number of benzene rings is 2. The van der Waals surface area contributed by atoms with Crippen molar-refractivity contribution in [1.29, 1.82) is 5.26 Å². The molecule has 0 aliphatic carbocycles. The van der Waals surface area contributed by atoms with E-state index in [9.17, 15) is 4.79 Å². The van der Waals surface area contributed by atoms with Crippen molar-refractivity contribution in [3.63, 3.8) is 0 Å². The molecule has 7 nitrogen and oxygen atoms in total. The highest BCUT2D eigenvalue weighted by molar-refractivity contribution is 5.98. The van der Waals surface area contributed by atoms with Crippen LogP contribution in [-0.2, 0) is 4.79 Å². The smallest absolute Gasteiger partial charge is 0.250 e. The summed E-state index contributed by atoms with van der Waals surface area (Å²) in [5, 5.41) is 9.04. The lowest BCUT2D eigenvalue weighted by atomic mass is 9.98. The fourth-order valence-electron chi connectivity index (χ4n) is 5.04. The SMILES string of the molecule is COc1cc(C=C2CCCN([C@H]3CCN(c4ccc(C#N)cc4)C3)C2=O)ccc1-n1cnc(C)c1. The van der Waals surface area contributed by atoms with E-state index in [2.05, 4.69) is 20.9 Å². The summed E-state index contributed by atoms with van der Waals surface area (Å²) < 4.78 is 7.58. The summed E-state index contributed by atoms with van der Waals surface area (Å²) in [5.41, 5.74) is 5.43. The highest BCUT2D eigenvalue weighted by Crippen LogP contribution is 2.30. The number of methoxy groups -OCH3 is 1. The molecule has 2 aliphatic rings. The van der Waals surface area contributed by atoms with Crippen LogP contribution in [0, 0.1) is 18.3 Å². The quantitative estimate of drug-likeness (QED) is 0.522. The number of nitriles is 1. The summed E-state index contributed by atoms with van der Waals surface area (Å²) in [5.74, 6) is 0.877. The first-order valence-corrected chi connectivity index (χ1v) is 12.0. The second-order valence-corrected chi connectivity index (χ2v) is 9.17. The van der Waals surface area contributed by atoms with Gasteiger partial charge in [0.05, 0.1) is 42.5 Å². The van der Waals surface area contributed by atoms with Gasteiger partial charge >= 0.3 is 0 Å². The van der Waals surface area contributed by atoms with Crippen LogP contribution >= 0.6 is 0 Å². The number of nitrogens with zero attached hydrogens (tertiary/aromatic N) is 5. The van der Waals surface area contributed by atoms with Crippen LogP contribution in [0.3, 0.4) is 0 Å². The Balaban J connectivity index is 1.31. The molecule has 5 rings (SSSR count). The zero-order valence-corrected chi connectivity index (χ0v) is 20.1. The number of amides is 1. The lowest BCUT2D eigenvalue weighted by Gasteiger charge is -2.34. The number of likely N-dealkylation sites (tertiary alicyclic amines) is 1. The van der Waals surface area contributed by atoms with Gasteiger partial charge in [-0.3, -0.25) is 4.79 Å². The van der Waals surface area contributed by atoms with Crippen molar-refractivity contribution in [1.82, 2.24) is 14.5 Å². The molecule has 178 valence electrons. The molecule has 2 aliphatic heterocycles. The highest BCUT2D eigenvalue weighted by Gasteiger charge is 2.34. The average Bonchev–Trinajstić information content (AvgIpc) is 3.55. The maximum absolute atomic E-state index is 13.4. The van der Waals surface area contributed by atoms with Crippen molar-refractivity contribution in [2.75, 3.05) is 31.6 Å². The Kier molecular flexibility index (Phi) is 6.28. The Labute approximate surface area is 205 Å². The molecule has 2 aromatic carbocycles. The van der Waals surface area contributed by atoms with E-state index in [1.54, 1.807) is 13.4 Å². The topological polar surface area (TPSA) is 74.4 Å². The van der Waals surface area contributed by atoms with Gasteiger partial charge in [0, 0.05) is 37.1 Å². The third-order valence-corrected chi connectivity index (χ3v) is 6.88. The molecule has 0 spiro atoms. The van der Waals surface area contributed by atoms with Crippen LogP contribution < -0.4 is 9.64 Å². The molecule has 7 heteroatoms. The van der Waals surface area contributed by atoms with Crippen molar-refractivity contribution < 1.29 is 9.53 Å². The lowest BCUT2D eigenvalue weighted by Crippen LogP contribution is -2.45. The normalized spacial score (nSPS) is 19.3. The van der Waals surface area contributed by atoms with Gasteiger partial charge in [-0.25, -0.2) is 4.98 Å². The minimum Gasteiger partial charge on any atom is -0.495 e. The molecule has 0 saturated carbocycles. The highest BCUT2D eigenvalue weighted by atomic mass is 16.5. The van der Waals surface area contributed by atoms with Gasteiger partial charge in [-0.05, 0) is 74.2 Å². The number of piperidine rings is 1. The first kappa shape index (κ1) is 22.7. The Hall–Kier alpha value is -4.05. The van der Waals surface area contributed by atoms with Gasteiger partial charge in [0.2, 0.25) is 5.91 Å². The molecule has 3 aromatic rings. The third kappa shape index (κ3) is 4.65. The van der Waals surface area contributed by atoms with E-state index in [-0.39, 0.29) is 11.9 Å². The zero-order chi connectivity index (χ0) is 24.4. The van der Waals surface area contributed by atoms with Crippen LogP contribution in [0.15, 0.2) is 60.6 Å². The summed E-state index contributed by atoms with van der Waals surface area (Å²) in [6.45, 7) is 4.48. The van der Waals surface area contributed by atoms with E-state index < -0.39 is 0 Å². The van der Waals surface area contributed by atoms with Crippen LogP contribution in [0.4, 0.5) is 5.69 Å². The number of aromatic nitrogens is 2. The Morgan fingerprint density at radius 2 is 2.00 bits per heavy atom. The second kappa shape index (κ2) is 9.67. The molecular weight excluding hydrogens is 438 g/mol. The number of aryl methyl sites for hydroxylation is 1. The molecule has 0 N–H and O–H groups in total.